The van der Waals surface area contributed by atoms with Gasteiger partial charge in [0.2, 0.25) is 0 Å². The molecule has 1 fully saturated rings. The first-order valence-electron chi connectivity index (χ1n) is 8.94. The molecule has 1 heterocycles. The van der Waals surface area contributed by atoms with Crippen LogP contribution in [0.15, 0.2) is 52.5 Å². The summed E-state index contributed by atoms with van der Waals surface area (Å²) in [6, 6.07) is 10.7. The van der Waals surface area contributed by atoms with Crippen LogP contribution < -0.4 is 15.0 Å². The van der Waals surface area contributed by atoms with Gasteiger partial charge in [-0.05, 0) is 63.8 Å². The molecule has 30 heavy (non-hydrogen) atoms. The fourth-order valence-electron chi connectivity index (χ4n) is 2.80. The largest absolute Gasteiger partial charge is 0.481 e. The zero-order chi connectivity index (χ0) is 21.8. The number of carboxylic acids is 1. The quantitative estimate of drug-likeness (QED) is 0.493. The number of benzene rings is 2. The summed E-state index contributed by atoms with van der Waals surface area (Å²) in [5.41, 5.74) is 1.68. The Hall–Kier alpha value is -3.46. The van der Waals surface area contributed by atoms with Crippen molar-refractivity contribution in [3.63, 3.8) is 0 Å². The second-order valence-corrected chi connectivity index (χ2v) is 7.20. The van der Waals surface area contributed by atoms with E-state index in [4.69, 9.17) is 9.84 Å². The van der Waals surface area contributed by atoms with Crippen molar-refractivity contribution in [1.29, 1.82) is 0 Å². The van der Waals surface area contributed by atoms with Gasteiger partial charge >= 0.3 is 12.0 Å². The van der Waals surface area contributed by atoms with Gasteiger partial charge in [0.05, 0.1) is 10.2 Å². The van der Waals surface area contributed by atoms with Crippen LogP contribution in [0, 0.1) is 0 Å². The number of amides is 4. The van der Waals surface area contributed by atoms with E-state index in [1.54, 1.807) is 24.3 Å². The average molecular weight is 473 g/mol. The van der Waals surface area contributed by atoms with Gasteiger partial charge in [-0.25, -0.2) is 14.5 Å². The molecule has 0 saturated carbocycles. The number of ether oxygens (including phenoxy) is 1. The monoisotopic (exact) mass is 472 g/mol. The predicted molar refractivity (Wildman–Crippen MR) is 112 cm³/mol. The molecule has 3 rings (SSSR count). The molecule has 1 aliphatic rings. The number of imide groups is 2. The van der Waals surface area contributed by atoms with Crippen LogP contribution in [-0.4, -0.2) is 35.5 Å². The number of hydrogen-bond donors (Lipinski definition) is 2. The Bertz CT molecular complexity index is 1060. The van der Waals surface area contributed by atoms with Gasteiger partial charge in [0, 0.05) is 0 Å². The maximum absolute atomic E-state index is 12.9. The molecule has 1 aliphatic heterocycles. The number of nitrogens with one attached hydrogen (secondary N) is 1. The van der Waals surface area contributed by atoms with Crippen molar-refractivity contribution >= 4 is 51.5 Å². The molecule has 4 amide bonds. The van der Waals surface area contributed by atoms with Gasteiger partial charge in [0.25, 0.3) is 11.8 Å². The van der Waals surface area contributed by atoms with E-state index < -0.39 is 30.4 Å². The van der Waals surface area contributed by atoms with Crippen LogP contribution in [-0.2, 0) is 20.8 Å². The van der Waals surface area contributed by atoms with E-state index >= 15 is 0 Å². The molecule has 0 atom stereocenters. The zero-order valence-corrected chi connectivity index (χ0v) is 17.4. The molecule has 2 aromatic carbocycles. The van der Waals surface area contributed by atoms with E-state index in [0.29, 0.717) is 21.5 Å². The van der Waals surface area contributed by atoms with E-state index in [-0.39, 0.29) is 5.57 Å². The molecule has 0 spiro atoms. The normalized spacial score (nSPS) is 15.3. The third-order valence-electron chi connectivity index (χ3n) is 4.32. The van der Waals surface area contributed by atoms with Crippen molar-refractivity contribution < 1.29 is 29.0 Å². The molecule has 2 aromatic rings. The number of halogens is 1. The molecule has 1 saturated heterocycles. The first kappa shape index (κ1) is 21.3. The molecule has 0 radical (unpaired) electrons. The average Bonchev–Trinajstić information content (AvgIpc) is 2.70. The van der Waals surface area contributed by atoms with E-state index in [1.807, 2.05) is 19.1 Å². The van der Waals surface area contributed by atoms with Gasteiger partial charge < -0.3 is 9.84 Å². The third kappa shape index (κ3) is 4.57. The number of rotatable bonds is 6. The lowest BCUT2D eigenvalue weighted by Gasteiger charge is -2.26. The molecule has 0 bridgehead atoms. The smallest absolute Gasteiger partial charge is 0.341 e. The summed E-state index contributed by atoms with van der Waals surface area (Å²) in [6.07, 6.45) is 2.16. The van der Waals surface area contributed by atoms with Gasteiger partial charge in [-0.2, -0.15) is 0 Å². The number of urea groups is 1. The van der Waals surface area contributed by atoms with Crippen molar-refractivity contribution in [2.24, 2.45) is 0 Å². The Morgan fingerprint density at radius 1 is 1.17 bits per heavy atom. The number of hydrogen-bond acceptors (Lipinski definition) is 5. The van der Waals surface area contributed by atoms with Crippen LogP contribution in [0.4, 0.5) is 10.5 Å². The number of carbonyl (C=O) groups excluding carboxylic acids is 3. The maximum atomic E-state index is 12.9. The number of carboxylic acid groups (broad SMARTS) is 1. The van der Waals surface area contributed by atoms with Gasteiger partial charge in [-0.3, -0.25) is 14.9 Å². The number of anilines is 1. The van der Waals surface area contributed by atoms with Crippen LogP contribution in [0.1, 0.15) is 18.1 Å². The van der Waals surface area contributed by atoms with Crippen molar-refractivity contribution in [2.45, 2.75) is 13.3 Å². The highest BCUT2D eigenvalue weighted by Gasteiger charge is 2.36. The molecule has 154 valence electrons. The fraction of sp³-hybridized carbons (Fsp3) is 0.143. The summed E-state index contributed by atoms with van der Waals surface area (Å²) in [4.78, 5) is 49.0. The summed E-state index contributed by atoms with van der Waals surface area (Å²) in [5.74, 6) is -2.36. The standard InChI is InChI=1S/C21H17BrN2O6/c1-2-12-3-6-14(7-4-12)24-20(28)15(19(27)23-21(24)29)9-13-5-8-17(16(22)10-13)30-11-18(25)26/h3-10H,2,11H2,1H3,(H,25,26)(H,23,27,29)/b15-9-. The highest BCUT2D eigenvalue weighted by Crippen LogP contribution is 2.28. The van der Waals surface area contributed by atoms with E-state index in [2.05, 4.69) is 21.2 Å². The van der Waals surface area contributed by atoms with Crippen molar-refractivity contribution in [3.8, 4) is 5.75 Å². The summed E-state index contributed by atoms with van der Waals surface area (Å²) < 4.78 is 5.58. The minimum atomic E-state index is -1.12. The maximum Gasteiger partial charge on any atom is 0.341 e. The predicted octanol–water partition coefficient (Wildman–Crippen LogP) is 3.14. The van der Waals surface area contributed by atoms with E-state index in [1.165, 1.54) is 12.1 Å². The van der Waals surface area contributed by atoms with Crippen molar-refractivity contribution in [3.05, 3.63) is 63.6 Å². The van der Waals surface area contributed by atoms with E-state index in [9.17, 15) is 19.2 Å². The van der Waals surface area contributed by atoms with Crippen molar-refractivity contribution in [1.82, 2.24) is 5.32 Å². The lowest BCUT2D eigenvalue weighted by molar-refractivity contribution is -0.139. The highest BCUT2D eigenvalue weighted by atomic mass is 79.9. The first-order valence-corrected chi connectivity index (χ1v) is 9.74. The van der Waals surface area contributed by atoms with Crippen molar-refractivity contribution in [2.75, 3.05) is 11.5 Å². The number of aryl methyl sites for hydroxylation is 1. The lowest BCUT2D eigenvalue weighted by Crippen LogP contribution is -2.54. The fourth-order valence-corrected chi connectivity index (χ4v) is 3.31. The number of carbonyl (C=O) groups is 4. The van der Waals surface area contributed by atoms with E-state index in [0.717, 1.165) is 16.9 Å². The van der Waals surface area contributed by atoms with Crippen LogP contribution in [0.25, 0.3) is 6.08 Å². The van der Waals surface area contributed by atoms with Crippen LogP contribution in [0.3, 0.4) is 0 Å². The Morgan fingerprint density at radius 3 is 2.47 bits per heavy atom. The Kier molecular flexibility index (Phi) is 6.31. The van der Waals surface area contributed by atoms with Gasteiger partial charge in [0.15, 0.2) is 6.61 Å². The molecule has 0 aliphatic carbocycles. The Morgan fingerprint density at radius 2 is 1.87 bits per heavy atom. The minimum Gasteiger partial charge on any atom is -0.481 e. The molecular weight excluding hydrogens is 456 g/mol. The van der Waals surface area contributed by atoms with Gasteiger partial charge in [-0.1, -0.05) is 25.1 Å². The molecule has 2 N–H and O–H groups in total. The SMILES string of the molecule is CCc1ccc(N2C(=O)NC(=O)/C(=C/c3ccc(OCC(=O)O)c(Br)c3)C2=O)cc1. The second kappa shape index (κ2) is 8.91. The molecule has 0 unspecified atom stereocenters. The van der Waals surface area contributed by atoms with Crippen LogP contribution in [0.2, 0.25) is 0 Å². The summed E-state index contributed by atoms with van der Waals surface area (Å²) >= 11 is 3.27. The summed E-state index contributed by atoms with van der Waals surface area (Å²) in [5, 5.41) is 10.9. The molecule has 0 aromatic heterocycles. The Balaban J connectivity index is 1.90. The number of nitrogens with zero attached hydrogens (tertiary/aromatic N) is 1. The highest BCUT2D eigenvalue weighted by molar-refractivity contribution is 9.10. The summed E-state index contributed by atoms with van der Waals surface area (Å²) in [6.45, 7) is 1.48. The zero-order valence-electron chi connectivity index (χ0n) is 15.8. The number of barbiturate groups is 1. The summed E-state index contributed by atoms with van der Waals surface area (Å²) in [7, 11) is 0. The molecular formula is C21H17BrN2O6. The lowest BCUT2D eigenvalue weighted by atomic mass is 10.1. The Labute approximate surface area is 180 Å². The van der Waals surface area contributed by atoms with Gasteiger partial charge in [-0.15, -0.1) is 0 Å². The van der Waals surface area contributed by atoms with Gasteiger partial charge in [0.1, 0.15) is 11.3 Å². The third-order valence-corrected chi connectivity index (χ3v) is 4.94. The first-order chi connectivity index (χ1) is 14.3. The molecule has 9 heteroatoms. The molecule has 8 nitrogen and oxygen atoms in total. The topological polar surface area (TPSA) is 113 Å². The van der Waals surface area contributed by atoms with Crippen LogP contribution >= 0.6 is 15.9 Å². The van der Waals surface area contributed by atoms with Crippen LogP contribution in [0.5, 0.6) is 5.75 Å². The minimum absolute atomic E-state index is 0.208. The second-order valence-electron chi connectivity index (χ2n) is 6.35. The number of aliphatic carboxylic acids is 1.